The molecule has 0 N–H and O–H groups in total. The van der Waals surface area contributed by atoms with Crippen LogP contribution in [0.2, 0.25) is 0 Å². The topological polar surface area (TPSA) is 26.3 Å². The minimum Gasteiger partial charge on any atom is -0.366 e. The van der Waals surface area contributed by atoms with E-state index in [0.717, 1.165) is 19.3 Å². The van der Waals surface area contributed by atoms with Crippen molar-refractivity contribution in [3.05, 3.63) is 35.6 Å². The fourth-order valence-electron chi connectivity index (χ4n) is 1.93. The highest BCUT2D eigenvalue weighted by molar-refractivity contribution is 5.83. The van der Waals surface area contributed by atoms with Crippen LogP contribution in [0, 0.1) is 5.82 Å². The average molecular weight is 222 g/mol. The van der Waals surface area contributed by atoms with Crippen molar-refractivity contribution < 1.29 is 13.9 Å². The Kier molecular flexibility index (Phi) is 3.67. The third-order valence-corrected chi connectivity index (χ3v) is 2.90. The molecule has 1 atom stereocenters. The Morgan fingerprint density at radius 3 is 2.88 bits per heavy atom. The summed E-state index contributed by atoms with van der Waals surface area (Å²) in [5, 5.41) is 0. The summed E-state index contributed by atoms with van der Waals surface area (Å²) in [6, 6.07) is 6.50. The van der Waals surface area contributed by atoms with Crippen LogP contribution < -0.4 is 0 Å². The number of ether oxygens (including phenoxy) is 1. The summed E-state index contributed by atoms with van der Waals surface area (Å²) >= 11 is 0. The largest absolute Gasteiger partial charge is 0.366 e. The van der Waals surface area contributed by atoms with Gasteiger partial charge in [0, 0.05) is 12.0 Å². The Labute approximate surface area is 94.4 Å². The van der Waals surface area contributed by atoms with Gasteiger partial charge < -0.3 is 4.74 Å². The molecule has 0 spiro atoms. The molecule has 2 rings (SSSR count). The molecule has 86 valence electrons. The number of Topliss-reactive ketones (excluding diaryl/α,β-unsaturated/α-hetero) is 1. The smallest absolute Gasteiger partial charge is 0.161 e. The van der Waals surface area contributed by atoms with E-state index in [-0.39, 0.29) is 24.3 Å². The first kappa shape index (κ1) is 11.3. The maximum absolute atomic E-state index is 13.3. The zero-order valence-corrected chi connectivity index (χ0v) is 9.12. The maximum Gasteiger partial charge on any atom is 0.161 e. The van der Waals surface area contributed by atoms with Crippen LogP contribution in [0.1, 0.15) is 31.2 Å². The third-order valence-electron chi connectivity index (χ3n) is 2.90. The van der Waals surface area contributed by atoms with E-state index in [2.05, 4.69) is 0 Å². The molecule has 1 fully saturated rings. The zero-order chi connectivity index (χ0) is 11.4. The quantitative estimate of drug-likeness (QED) is 0.786. The highest BCUT2D eigenvalue weighted by Crippen LogP contribution is 2.19. The Morgan fingerprint density at radius 2 is 2.12 bits per heavy atom. The first-order valence-corrected chi connectivity index (χ1v) is 5.65. The number of rotatable bonds is 3. The lowest BCUT2D eigenvalue weighted by Gasteiger charge is -2.20. The van der Waals surface area contributed by atoms with Gasteiger partial charge in [-0.2, -0.15) is 0 Å². The molecule has 0 aromatic heterocycles. The van der Waals surface area contributed by atoms with Gasteiger partial charge >= 0.3 is 0 Å². The first-order valence-electron chi connectivity index (χ1n) is 5.65. The van der Waals surface area contributed by atoms with Crippen molar-refractivity contribution in [1.82, 2.24) is 0 Å². The molecular formula is C13H15FO2. The van der Waals surface area contributed by atoms with E-state index in [4.69, 9.17) is 4.74 Å². The molecule has 0 aliphatic heterocycles. The maximum atomic E-state index is 13.3. The van der Waals surface area contributed by atoms with E-state index >= 15 is 0 Å². The molecule has 1 aliphatic rings. The molecule has 1 aromatic carbocycles. The number of halogens is 1. The van der Waals surface area contributed by atoms with Crippen LogP contribution in [-0.2, 0) is 16.1 Å². The highest BCUT2D eigenvalue weighted by atomic mass is 19.1. The minimum atomic E-state index is -0.326. The number of carbonyl (C=O) groups excluding carboxylic acids is 1. The van der Waals surface area contributed by atoms with Crippen LogP contribution >= 0.6 is 0 Å². The van der Waals surface area contributed by atoms with Crippen LogP contribution in [0.25, 0.3) is 0 Å². The van der Waals surface area contributed by atoms with Crippen LogP contribution in [0.15, 0.2) is 24.3 Å². The molecule has 2 nitrogen and oxygen atoms in total. The second-order valence-corrected chi connectivity index (χ2v) is 4.10. The summed E-state index contributed by atoms with van der Waals surface area (Å²) in [7, 11) is 0. The van der Waals surface area contributed by atoms with E-state index in [1.807, 2.05) is 0 Å². The minimum absolute atomic E-state index is 0.155. The Hall–Kier alpha value is -1.22. The van der Waals surface area contributed by atoms with Gasteiger partial charge in [0.2, 0.25) is 0 Å². The Balaban J connectivity index is 1.92. The van der Waals surface area contributed by atoms with Gasteiger partial charge in [0.25, 0.3) is 0 Å². The molecule has 3 heteroatoms. The lowest BCUT2D eigenvalue weighted by Crippen LogP contribution is -2.27. The number of ketones is 1. The monoisotopic (exact) mass is 222 g/mol. The summed E-state index contributed by atoms with van der Waals surface area (Å²) in [6.45, 7) is 0.184. The van der Waals surface area contributed by atoms with Crippen LogP contribution in [0.3, 0.4) is 0 Å². The van der Waals surface area contributed by atoms with Crippen LogP contribution in [0.5, 0.6) is 0 Å². The predicted molar refractivity (Wildman–Crippen MR) is 58.5 cm³/mol. The van der Waals surface area contributed by atoms with Gasteiger partial charge in [-0.1, -0.05) is 18.2 Å². The van der Waals surface area contributed by atoms with Crippen LogP contribution in [0.4, 0.5) is 4.39 Å². The standard InChI is InChI=1S/C13H15FO2/c14-11-6-2-1-5-10(11)9-16-13-8-4-3-7-12(13)15/h1-2,5-6,13H,3-4,7-9H2. The van der Waals surface area contributed by atoms with Gasteiger partial charge in [-0.25, -0.2) is 4.39 Å². The summed E-state index contributed by atoms with van der Waals surface area (Å²) in [6.07, 6.45) is 3.02. The van der Waals surface area contributed by atoms with Crippen molar-refractivity contribution in [2.45, 2.75) is 38.4 Å². The molecule has 0 bridgehead atoms. The van der Waals surface area contributed by atoms with Crippen LogP contribution in [-0.4, -0.2) is 11.9 Å². The molecule has 1 aromatic rings. The number of hydrogen-bond acceptors (Lipinski definition) is 2. The lowest BCUT2D eigenvalue weighted by atomic mass is 9.96. The average Bonchev–Trinajstić information content (AvgIpc) is 2.30. The van der Waals surface area contributed by atoms with E-state index in [0.29, 0.717) is 12.0 Å². The fraction of sp³-hybridized carbons (Fsp3) is 0.462. The molecule has 1 saturated carbocycles. The molecule has 0 saturated heterocycles. The van der Waals surface area contributed by atoms with E-state index in [9.17, 15) is 9.18 Å². The van der Waals surface area contributed by atoms with Gasteiger partial charge in [0.15, 0.2) is 5.78 Å². The number of carbonyl (C=O) groups is 1. The second-order valence-electron chi connectivity index (χ2n) is 4.10. The van der Waals surface area contributed by atoms with Gasteiger partial charge in [-0.3, -0.25) is 4.79 Å². The number of hydrogen-bond donors (Lipinski definition) is 0. The first-order chi connectivity index (χ1) is 7.77. The Morgan fingerprint density at radius 1 is 1.31 bits per heavy atom. The molecule has 0 amide bonds. The van der Waals surface area contributed by atoms with Crippen molar-refractivity contribution in [3.8, 4) is 0 Å². The SMILES string of the molecule is O=C1CCCCC1OCc1ccccc1F. The molecule has 1 aliphatic carbocycles. The summed E-state index contributed by atoms with van der Waals surface area (Å²) in [5.74, 6) is -0.117. The van der Waals surface area contributed by atoms with Gasteiger partial charge in [-0.05, 0) is 25.3 Å². The molecular weight excluding hydrogens is 207 g/mol. The normalized spacial score (nSPS) is 21.1. The van der Waals surface area contributed by atoms with Gasteiger partial charge in [0.05, 0.1) is 6.61 Å². The van der Waals surface area contributed by atoms with E-state index in [1.165, 1.54) is 6.07 Å². The second kappa shape index (κ2) is 5.21. The van der Waals surface area contributed by atoms with Gasteiger partial charge in [0.1, 0.15) is 11.9 Å². The van der Waals surface area contributed by atoms with E-state index in [1.54, 1.807) is 18.2 Å². The van der Waals surface area contributed by atoms with Crippen molar-refractivity contribution in [2.75, 3.05) is 0 Å². The summed E-state index contributed by atoms with van der Waals surface area (Å²) < 4.78 is 18.7. The molecule has 16 heavy (non-hydrogen) atoms. The third kappa shape index (κ3) is 2.67. The summed E-state index contributed by atoms with van der Waals surface area (Å²) in [5.41, 5.74) is 0.515. The number of benzene rings is 1. The van der Waals surface area contributed by atoms with E-state index < -0.39 is 0 Å². The Bertz CT molecular complexity index is 376. The van der Waals surface area contributed by atoms with Gasteiger partial charge in [-0.15, -0.1) is 0 Å². The summed E-state index contributed by atoms with van der Waals surface area (Å²) in [4.78, 5) is 11.5. The molecule has 0 heterocycles. The molecule has 0 radical (unpaired) electrons. The predicted octanol–water partition coefficient (Wildman–Crippen LogP) is 2.85. The molecule has 1 unspecified atom stereocenters. The van der Waals surface area contributed by atoms with Crippen molar-refractivity contribution in [1.29, 1.82) is 0 Å². The van der Waals surface area contributed by atoms with Crippen molar-refractivity contribution >= 4 is 5.78 Å². The van der Waals surface area contributed by atoms with Crippen molar-refractivity contribution in [3.63, 3.8) is 0 Å². The highest BCUT2D eigenvalue weighted by Gasteiger charge is 2.22. The van der Waals surface area contributed by atoms with Crippen molar-refractivity contribution in [2.24, 2.45) is 0 Å². The fourth-order valence-corrected chi connectivity index (χ4v) is 1.93. The zero-order valence-electron chi connectivity index (χ0n) is 9.12. The lowest BCUT2D eigenvalue weighted by molar-refractivity contribution is -0.134.